The van der Waals surface area contributed by atoms with Gasteiger partial charge in [0, 0.05) is 12.5 Å². The summed E-state index contributed by atoms with van der Waals surface area (Å²) in [6.45, 7) is 3.62. The van der Waals surface area contributed by atoms with Crippen LogP contribution in [0.4, 0.5) is 0 Å². The second kappa shape index (κ2) is 5.19. The molecule has 1 heterocycles. The molecule has 1 amide bonds. The number of hydrogen-bond acceptors (Lipinski definition) is 3. The van der Waals surface area contributed by atoms with Gasteiger partial charge in [0.05, 0.1) is 12.7 Å². The van der Waals surface area contributed by atoms with Gasteiger partial charge in [-0.25, -0.2) is 0 Å². The fourth-order valence-electron chi connectivity index (χ4n) is 1.55. The minimum Gasteiger partial charge on any atom is -0.376 e. The van der Waals surface area contributed by atoms with Crippen molar-refractivity contribution in [3.8, 4) is 0 Å². The van der Waals surface area contributed by atoms with Crippen molar-refractivity contribution in [3.05, 3.63) is 0 Å². The summed E-state index contributed by atoms with van der Waals surface area (Å²) in [7, 11) is 0. The standard InChI is InChI=1S/C9H18N2O2/c1-7-8(3-2-5-11-7)13-6-4-9(10)12/h7-8,11H,2-6H2,1H3,(H2,10,12). The maximum absolute atomic E-state index is 10.4. The average Bonchev–Trinajstić information content (AvgIpc) is 2.08. The van der Waals surface area contributed by atoms with Crippen molar-refractivity contribution in [2.45, 2.75) is 38.3 Å². The van der Waals surface area contributed by atoms with Crippen LogP contribution in [-0.2, 0) is 9.53 Å². The lowest BCUT2D eigenvalue weighted by atomic mass is 10.0. The first-order chi connectivity index (χ1) is 6.20. The fraction of sp³-hybridized carbons (Fsp3) is 0.889. The minimum atomic E-state index is -0.295. The largest absolute Gasteiger partial charge is 0.376 e. The first-order valence-corrected chi connectivity index (χ1v) is 4.83. The van der Waals surface area contributed by atoms with Gasteiger partial charge < -0.3 is 15.8 Å². The Bertz CT molecular complexity index is 173. The van der Waals surface area contributed by atoms with Crippen LogP contribution in [0.5, 0.6) is 0 Å². The Kier molecular flexibility index (Phi) is 4.18. The van der Waals surface area contributed by atoms with E-state index < -0.39 is 0 Å². The van der Waals surface area contributed by atoms with Gasteiger partial charge in [0.15, 0.2) is 0 Å². The van der Waals surface area contributed by atoms with Crippen LogP contribution in [0, 0.1) is 0 Å². The van der Waals surface area contributed by atoms with Crippen molar-refractivity contribution < 1.29 is 9.53 Å². The fourth-order valence-corrected chi connectivity index (χ4v) is 1.55. The number of amides is 1. The molecular weight excluding hydrogens is 168 g/mol. The van der Waals surface area contributed by atoms with E-state index in [1.165, 1.54) is 0 Å². The second-order valence-electron chi connectivity index (χ2n) is 3.51. The minimum absolute atomic E-state index is 0.244. The van der Waals surface area contributed by atoms with Crippen LogP contribution in [0.2, 0.25) is 0 Å². The first-order valence-electron chi connectivity index (χ1n) is 4.83. The molecule has 1 saturated heterocycles. The number of carbonyl (C=O) groups excluding carboxylic acids is 1. The van der Waals surface area contributed by atoms with Gasteiger partial charge in [-0.15, -0.1) is 0 Å². The molecule has 0 spiro atoms. The number of rotatable bonds is 4. The van der Waals surface area contributed by atoms with Gasteiger partial charge in [-0.05, 0) is 26.3 Å². The molecule has 13 heavy (non-hydrogen) atoms. The number of ether oxygens (including phenoxy) is 1. The van der Waals surface area contributed by atoms with E-state index in [1.54, 1.807) is 0 Å². The smallest absolute Gasteiger partial charge is 0.219 e. The Balaban J connectivity index is 2.15. The van der Waals surface area contributed by atoms with E-state index in [0.29, 0.717) is 19.1 Å². The van der Waals surface area contributed by atoms with Crippen molar-refractivity contribution in [3.63, 3.8) is 0 Å². The maximum atomic E-state index is 10.4. The molecule has 2 unspecified atom stereocenters. The molecule has 2 atom stereocenters. The van der Waals surface area contributed by atoms with E-state index in [0.717, 1.165) is 19.4 Å². The van der Waals surface area contributed by atoms with E-state index in [4.69, 9.17) is 10.5 Å². The van der Waals surface area contributed by atoms with Crippen molar-refractivity contribution >= 4 is 5.91 Å². The van der Waals surface area contributed by atoms with Gasteiger partial charge in [-0.3, -0.25) is 4.79 Å². The molecule has 4 nitrogen and oxygen atoms in total. The van der Waals surface area contributed by atoms with Crippen LogP contribution < -0.4 is 11.1 Å². The Morgan fingerprint density at radius 1 is 1.69 bits per heavy atom. The molecule has 3 N–H and O–H groups in total. The molecular formula is C9H18N2O2. The number of piperidine rings is 1. The van der Waals surface area contributed by atoms with Crippen LogP contribution >= 0.6 is 0 Å². The van der Waals surface area contributed by atoms with E-state index in [9.17, 15) is 4.79 Å². The van der Waals surface area contributed by atoms with Gasteiger partial charge in [-0.2, -0.15) is 0 Å². The molecule has 1 fully saturated rings. The van der Waals surface area contributed by atoms with Crippen molar-refractivity contribution in [1.29, 1.82) is 0 Å². The summed E-state index contributed by atoms with van der Waals surface area (Å²) >= 11 is 0. The summed E-state index contributed by atoms with van der Waals surface area (Å²) in [5.74, 6) is -0.295. The zero-order valence-electron chi connectivity index (χ0n) is 8.08. The Morgan fingerprint density at radius 2 is 2.46 bits per heavy atom. The number of carbonyl (C=O) groups is 1. The van der Waals surface area contributed by atoms with Crippen LogP contribution in [0.15, 0.2) is 0 Å². The van der Waals surface area contributed by atoms with Gasteiger partial charge in [0.2, 0.25) is 5.91 Å². The Hall–Kier alpha value is -0.610. The van der Waals surface area contributed by atoms with Crippen molar-refractivity contribution in [2.75, 3.05) is 13.2 Å². The molecule has 0 aromatic carbocycles. The third-order valence-corrected chi connectivity index (χ3v) is 2.37. The molecule has 0 radical (unpaired) electrons. The monoisotopic (exact) mass is 186 g/mol. The highest BCUT2D eigenvalue weighted by atomic mass is 16.5. The predicted molar refractivity (Wildman–Crippen MR) is 50.3 cm³/mol. The molecule has 1 aliphatic heterocycles. The van der Waals surface area contributed by atoms with Crippen LogP contribution in [0.1, 0.15) is 26.2 Å². The summed E-state index contributed by atoms with van der Waals surface area (Å²) in [5, 5.41) is 3.33. The van der Waals surface area contributed by atoms with Gasteiger partial charge in [0.25, 0.3) is 0 Å². The quantitative estimate of drug-likeness (QED) is 0.650. The molecule has 0 aromatic rings. The van der Waals surface area contributed by atoms with E-state index in [-0.39, 0.29) is 12.0 Å². The number of nitrogens with one attached hydrogen (secondary N) is 1. The lowest BCUT2D eigenvalue weighted by Gasteiger charge is -2.29. The molecule has 1 aliphatic rings. The number of hydrogen-bond donors (Lipinski definition) is 2. The zero-order chi connectivity index (χ0) is 9.68. The number of nitrogens with two attached hydrogens (primary N) is 1. The Morgan fingerprint density at radius 3 is 3.08 bits per heavy atom. The highest BCUT2D eigenvalue weighted by Gasteiger charge is 2.20. The summed E-state index contributed by atoms with van der Waals surface area (Å²) in [5.41, 5.74) is 5.01. The van der Waals surface area contributed by atoms with Crippen LogP contribution in [0.25, 0.3) is 0 Å². The summed E-state index contributed by atoms with van der Waals surface area (Å²) < 4.78 is 5.54. The third-order valence-electron chi connectivity index (χ3n) is 2.37. The molecule has 1 rings (SSSR count). The van der Waals surface area contributed by atoms with Crippen molar-refractivity contribution in [2.24, 2.45) is 5.73 Å². The second-order valence-corrected chi connectivity index (χ2v) is 3.51. The van der Waals surface area contributed by atoms with E-state index in [2.05, 4.69) is 12.2 Å². The van der Waals surface area contributed by atoms with Crippen molar-refractivity contribution in [1.82, 2.24) is 5.32 Å². The predicted octanol–water partition coefficient (Wildman–Crippen LogP) is 0.0189. The molecule has 0 aromatic heterocycles. The van der Waals surface area contributed by atoms with Crippen LogP contribution in [-0.4, -0.2) is 31.2 Å². The highest BCUT2D eigenvalue weighted by molar-refractivity contribution is 5.73. The summed E-state index contributed by atoms with van der Waals surface area (Å²) in [6, 6.07) is 0.390. The van der Waals surface area contributed by atoms with E-state index in [1.807, 2.05) is 0 Å². The molecule has 4 heteroatoms. The summed E-state index contributed by atoms with van der Waals surface area (Å²) in [4.78, 5) is 10.4. The van der Waals surface area contributed by atoms with Crippen LogP contribution in [0.3, 0.4) is 0 Å². The average molecular weight is 186 g/mol. The highest BCUT2D eigenvalue weighted by Crippen LogP contribution is 2.12. The van der Waals surface area contributed by atoms with Gasteiger partial charge in [0.1, 0.15) is 0 Å². The SMILES string of the molecule is CC1NCCCC1OCCC(N)=O. The van der Waals surface area contributed by atoms with Gasteiger partial charge >= 0.3 is 0 Å². The van der Waals surface area contributed by atoms with Gasteiger partial charge in [-0.1, -0.05) is 0 Å². The maximum Gasteiger partial charge on any atom is 0.219 e. The normalized spacial score (nSPS) is 28.7. The molecule has 76 valence electrons. The van der Waals surface area contributed by atoms with E-state index >= 15 is 0 Å². The topological polar surface area (TPSA) is 64.3 Å². The lowest BCUT2D eigenvalue weighted by Crippen LogP contribution is -2.44. The summed E-state index contributed by atoms with van der Waals surface area (Å²) in [6.07, 6.45) is 2.79. The third kappa shape index (κ3) is 3.74. The first kappa shape index (κ1) is 10.5. The number of primary amides is 1. The molecule has 0 saturated carbocycles. The molecule has 0 aliphatic carbocycles. The lowest BCUT2D eigenvalue weighted by molar-refractivity contribution is -0.119. The Labute approximate surface area is 78.8 Å². The zero-order valence-corrected chi connectivity index (χ0v) is 8.08. The molecule has 0 bridgehead atoms.